The van der Waals surface area contributed by atoms with E-state index in [1.54, 1.807) is 12.1 Å². The van der Waals surface area contributed by atoms with E-state index in [0.717, 1.165) is 11.1 Å². The second-order valence-electron chi connectivity index (χ2n) is 5.01. The second-order valence-corrected chi connectivity index (χ2v) is 5.01. The van der Waals surface area contributed by atoms with Crippen molar-refractivity contribution in [3.63, 3.8) is 0 Å². The van der Waals surface area contributed by atoms with Gasteiger partial charge in [-0.2, -0.15) is 0 Å². The molecule has 2 rings (SSSR count). The molecule has 2 aromatic rings. The van der Waals surface area contributed by atoms with Gasteiger partial charge in [0.05, 0.1) is 0 Å². The maximum absolute atomic E-state index is 11.9. The van der Waals surface area contributed by atoms with Crippen molar-refractivity contribution in [3.8, 4) is 5.75 Å². The van der Waals surface area contributed by atoms with Crippen LogP contribution in [0.3, 0.4) is 0 Å². The predicted octanol–water partition coefficient (Wildman–Crippen LogP) is 4.29. The highest BCUT2D eigenvalue weighted by molar-refractivity contribution is 6.02. The summed E-state index contributed by atoms with van der Waals surface area (Å²) < 4.78 is 5.55. The molecule has 112 valence electrons. The summed E-state index contributed by atoms with van der Waals surface area (Å²) in [5.41, 5.74) is 2.62. The molecule has 0 aromatic heterocycles. The van der Waals surface area contributed by atoms with Gasteiger partial charge in [0.15, 0.2) is 0 Å². The van der Waals surface area contributed by atoms with Crippen LogP contribution in [-0.2, 0) is 4.79 Å². The lowest BCUT2D eigenvalue weighted by atomic mass is 10.2. The Labute approximate surface area is 130 Å². The van der Waals surface area contributed by atoms with Crippen LogP contribution in [0.5, 0.6) is 5.75 Å². The first kappa shape index (κ1) is 15.6. The maximum Gasteiger partial charge on any atom is 0.248 e. The van der Waals surface area contributed by atoms with Crippen molar-refractivity contribution < 1.29 is 9.53 Å². The monoisotopic (exact) mass is 293 g/mol. The molecule has 0 radical (unpaired) electrons. The van der Waals surface area contributed by atoms with Crippen LogP contribution in [0.2, 0.25) is 0 Å². The fraction of sp³-hybridized carbons (Fsp3) is 0.105. The summed E-state index contributed by atoms with van der Waals surface area (Å²) in [6.45, 7) is 6.16. The normalized spacial score (nSPS) is 10.4. The molecule has 0 aliphatic heterocycles. The van der Waals surface area contributed by atoms with Gasteiger partial charge in [-0.1, -0.05) is 43.0 Å². The largest absolute Gasteiger partial charge is 0.489 e. The molecule has 0 atom stereocenters. The minimum atomic E-state index is -0.180. The number of ether oxygens (including phenoxy) is 1. The third-order valence-electron chi connectivity index (χ3n) is 2.81. The Morgan fingerprint density at radius 1 is 1.18 bits per heavy atom. The fourth-order valence-electron chi connectivity index (χ4n) is 1.79. The molecular formula is C19H19NO2. The minimum absolute atomic E-state index is 0.180. The molecule has 0 heterocycles. The van der Waals surface area contributed by atoms with Gasteiger partial charge in [-0.25, -0.2) is 0 Å². The predicted molar refractivity (Wildman–Crippen MR) is 90.9 cm³/mol. The second kappa shape index (κ2) is 7.84. The summed E-state index contributed by atoms with van der Waals surface area (Å²) in [7, 11) is 0. The van der Waals surface area contributed by atoms with Crippen LogP contribution in [0.15, 0.2) is 72.8 Å². The number of anilines is 1. The Morgan fingerprint density at radius 3 is 2.68 bits per heavy atom. The highest BCUT2D eigenvalue weighted by Gasteiger charge is 2.00. The molecule has 22 heavy (non-hydrogen) atoms. The fourth-order valence-corrected chi connectivity index (χ4v) is 1.79. The summed E-state index contributed by atoms with van der Waals surface area (Å²) in [5, 5.41) is 2.81. The molecule has 1 N–H and O–H groups in total. The summed E-state index contributed by atoms with van der Waals surface area (Å²) in [5.74, 6) is 0.522. The summed E-state index contributed by atoms with van der Waals surface area (Å²) in [4.78, 5) is 11.9. The summed E-state index contributed by atoms with van der Waals surface area (Å²) >= 11 is 0. The molecule has 0 unspecified atom stereocenters. The first-order valence-corrected chi connectivity index (χ1v) is 7.05. The first-order valence-electron chi connectivity index (χ1n) is 7.05. The van der Waals surface area contributed by atoms with Crippen LogP contribution in [0, 0.1) is 0 Å². The third-order valence-corrected chi connectivity index (χ3v) is 2.81. The van der Waals surface area contributed by atoms with Crippen LogP contribution in [0.1, 0.15) is 12.5 Å². The van der Waals surface area contributed by atoms with E-state index in [-0.39, 0.29) is 5.91 Å². The number of nitrogens with one attached hydrogen (secondary N) is 1. The lowest BCUT2D eigenvalue weighted by Crippen LogP contribution is -2.08. The van der Waals surface area contributed by atoms with Crippen LogP contribution < -0.4 is 10.1 Å². The van der Waals surface area contributed by atoms with Crippen molar-refractivity contribution in [3.05, 3.63) is 78.4 Å². The first-order chi connectivity index (χ1) is 10.6. The number of rotatable bonds is 6. The number of benzene rings is 2. The molecule has 0 saturated carbocycles. The maximum atomic E-state index is 11.9. The zero-order valence-corrected chi connectivity index (χ0v) is 12.6. The lowest BCUT2D eigenvalue weighted by Gasteiger charge is -2.08. The van der Waals surface area contributed by atoms with Gasteiger partial charge in [-0.05, 0) is 36.3 Å². The number of amides is 1. The lowest BCUT2D eigenvalue weighted by molar-refractivity contribution is -0.111. The molecule has 0 aliphatic carbocycles. The van der Waals surface area contributed by atoms with E-state index < -0.39 is 0 Å². The quantitative estimate of drug-likeness (QED) is 0.637. The molecule has 0 saturated heterocycles. The molecule has 0 bridgehead atoms. The summed E-state index contributed by atoms with van der Waals surface area (Å²) in [6.07, 6.45) is 3.29. The third kappa shape index (κ3) is 5.29. The van der Waals surface area contributed by atoms with Gasteiger partial charge >= 0.3 is 0 Å². The average Bonchev–Trinajstić information content (AvgIpc) is 2.52. The average molecular weight is 293 g/mol. The van der Waals surface area contributed by atoms with Crippen molar-refractivity contribution in [2.45, 2.75) is 6.92 Å². The van der Waals surface area contributed by atoms with E-state index in [1.165, 1.54) is 6.08 Å². The van der Waals surface area contributed by atoms with E-state index in [4.69, 9.17) is 4.74 Å². The molecule has 2 aromatic carbocycles. The van der Waals surface area contributed by atoms with Gasteiger partial charge in [-0.3, -0.25) is 4.79 Å². The van der Waals surface area contributed by atoms with Gasteiger partial charge in [0, 0.05) is 17.8 Å². The van der Waals surface area contributed by atoms with Gasteiger partial charge in [-0.15, -0.1) is 0 Å². The van der Waals surface area contributed by atoms with Crippen LogP contribution in [0.25, 0.3) is 6.08 Å². The van der Waals surface area contributed by atoms with E-state index in [0.29, 0.717) is 18.0 Å². The molecule has 0 spiro atoms. The van der Waals surface area contributed by atoms with Crippen LogP contribution >= 0.6 is 0 Å². The highest BCUT2D eigenvalue weighted by Crippen LogP contribution is 2.18. The van der Waals surface area contributed by atoms with Crippen molar-refractivity contribution in [1.29, 1.82) is 0 Å². The van der Waals surface area contributed by atoms with E-state index >= 15 is 0 Å². The SMILES string of the molecule is C=C(C)COc1cccc(NC(=O)/C=C/c2ccccc2)c1. The Morgan fingerprint density at radius 2 is 1.95 bits per heavy atom. The molecule has 3 heteroatoms. The van der Waals surface area contributed by atoms with Crippen LogP contribution in [0.4, 0.5) is 5.69 Å². The molecule has 3 nitrogen and oxygen atoms in total. The number of carbonyl (C=O) groups is 1. The van der Waals surface area contributed by atoms with E-state index in [1.807, 2.05) is 55.5 Å². The molecular weight excluding hydrogens is 274 g/mol. The zero-order valence-electron chi connectivity index (χ0n) is 12.6. The smallest absolute Gasteiger partial charge is 0.248 e. The van der Waals surface area contributed by atoms with E-state index in [9.17, 15) is 4.79 Å². The zero-order chi connectivity index (χ0) is 15.8. The topological polar surface area (TPSA) is 38.3 Å². The van der Waals surface area contributed by atoms with Gasteiger partial charge in [0.2, 0.25) is 5.91 Å². The Bertz CT molecular complexity index is 675. The van der Waals surface area contributed by atoms with Gasteiger partial charge < -0.3 is 10.1 Å². The van der Waals surface area contributed by atoms with Gasteiger partial charge in [0.1, 0.15) is 12.4 Å². The van der Waals surface area contributed by atoms with Crippen molar-refractivity contribution >= 4 is 17.7 Å². The molecule has 0 aliphatic rings. The minimum Gasteiger partial charge on any atom is -0.489 e. The number of hydrogen-bond acceptors (Lipinski definition) is 2. The van der Waals surface area contributed by atoms with Crippen LogP contribution in [-0.4, -0.2) is 12.5 Å². The standard InChI is InChI=1S/C19H19NO2/c1-15(2)14-22-18-10-6-9-17(13-18)20-19(21)12-11-16-7-4-3-5-8-16/h3-13H,1,14H2,2H3,(H,20,21)/b12-11+. The van der Waals surface area contributed by atoms with Crippen molar-refractivity contribution in [2.24, 2.45) is 0 Å². The van der Waals surface area contributed by atoms with Crippen molar-refractivity contribution in [1.82, 2.24) is 0 Å². The molecule has 1 amide bonds. The van der Waals surface area contributed by atoms with Crippen molar-refractivity contribution in [2.75, 3.05) is 11.9 Å². The van der Waals surface area contributed by atoms with E-state index in [2.05, 4.69) is 11.9 Å². The van der Waals surface area contributed by atoms with Gasteiger partial charge in [0.25, 0.3) is 0 Å². The Kier molecular flexibility index (Phi) is 5.55. The summed E-state index contributed by atoms with van der Waals surface area (Å²) in [6, 6.07) is 17.0. The Hall–Kier alpha value is -2.81. The number of carbonyl (C=O) groups excluding carboxylic acids is 1. The highest BCUT2D eigenvalue weighted by atomic mass is 16.5. The Balaban J connectivity index is 1.95. The molecule has 0 fully saturated rings. The number of hydrogen-bond donors (Lipinski definition) is 1.